The summed E-state index contributed by atoms with van der Waals surface area (Å²) >= 11 is 0. The number of morpholine rings is 1. The van der Waals surface area contributed by atoms with Gasteiger partial charge < -0.3 is 10.1 Å². The Bertz CT molecular complexity index is 265. The van der Waals surface area contributed by atoms with Crippen LogP contribution >= 0.6 is 12.4 Å². The summed E-state index contributed by atoms with van der Waals surface area (Å²) in [6, 6.07) is 10.8. The molecule has 1 aliphatic heterocycles. The van der Waals surface area contributed by atoms with Crippen molar-refractivity contribution in [2.75, 3.05) is 13.2 Å². The maximum absolute atomic E-state index is 5.71. The second-order valence-electron chi connectivity index (χ2n) is 3.44. The topological polar surface area (TPSA) is 21.3 Å². The predicted octanol–water partition coefficient (Wildman–Crippen LogP) is 2.16. The molecule has 0 radical (unpaired) electrons. The maximum atomic E-state index is 5.71. The third-order valence-electron chi connectivity index (χ3n) is 2.45. The molecule has 0 saturated carbocycles. The molecule has 1 N–H and O–H groups in total. The first-order valence-corrected chi connectivity index (χ1v) is 4.78. The Kier molecular flexibility index (Phi) is 4.39. The molecule has 0 aliphatic carbocycles. The summed E-state index contributed by atoms with van der Waals surface area (Å²) in [5.74, 6) is 0. The predicted molar refractivity (Wildman–Crippen MR) is 59.8 cm³/mol. The highest BCUT2D eigenvalue weighted by Crippen LogP contribution is 2.22. The molecular formula is C11H16ClNO. The summed E-state index contributed by atoms with van der Waals surface area (Å²) in [5.41, 5.74) is 1.27. The minimum Gasteiger partial charge on any atom is -0.371 e. The molecule has 0 bridgehead atoms. The van der Waals surface area contributed by atoms with Gasteiger partial charge in [0.2, 0.25) is 0 Å². The highest BCUT2D eigenvalue weighted by atomic mass is 35.5. The molecule has 78 valence electrons. The summed E-state index contributed by atoms with van der Waals surface area (Å²) in [6.07, 6.45) is 0.218. The van der Waals surface area contributed by atoms with E-state index in [1.165, 1.54) is 5.56 Å². The van der Waals surface area contributed by atoms with Gasteiger partial charge in [0.1, 0.15) is 0 Å². The third kappa shape index (κ3) is 2.47. The number of benzene rings is 1. The van der Waals surface area contributed by atoms with Crippen LogP contribution in [-0.4, -0.2) is 19.2 Å². The molecule has 1 saturated heterocycles. The van der Waals surface area contributed by atoms with Gasteiger partial charge in [-0.05, 0) is 12.5 Å². The van der Waals surface area contributed by atoms with Gasteiger partial charge >= 0.3 is 0 Å². The minimum atomic E-state index is 0. The Hall–Kier alpha value is -0.570. The van der Waals surface area contributed by atoms with Crippen LogP contribution in [0.5, 0.6) is 0 Å². The molecule has 2 atom stereocenters. The second kappa shape index (κ2) is 5.35. The Morgan fingerprint density at radius 2 is 2.00 bits per heavy atom. The van der Waals surface area contributed by atoms with Crippen molar-refractivity contribution in [3.63, 3.8) is 0 Å². The first-order chi connectivity index (χ1) is 6.38. The lowest BCUT2D eigenvalue weighted by atomic mass is 10.0. The van der Waals surface area contributed by atoms with Crippen LogP contribution in [0.15, 0.2) is 30.3 Å². The minimum absolute atomic E-state index is 0. The Labute approximate surface area is 91.1 Å². The smallest absolute Gasteiger partial charge is 0.0975 e. The molecule has 1 heterocycles. The third-order valence-corrected chi connectivity index (χ3v) is 2.45. The van der Waals surface area contributed by atoms with Crippen molar-refractivity contribution in [2.45, 2.75) is 19.1 Å². The van der Waals surface area contributed by atoms with Crippen molar-refractivity contribution >= 4 is 12.4 Å². The van der Waals surface area contributed by atoms with Gasteiger partial charge in [-0.3, -0.25) is 0 Å². The number of halogens is 1. The van der Waals surface area contributed by atoms with Crippen LogP contribution in [0, 0.1) is 0 Å². The van der Waals surface area contributed by atoms with Crippen LogP contribution in [0.2, 0.25) is 0 Å². The number of hydrogen-bond donors (Lipinski definition) is 1. The first kappa shape index (κ1) is 11.5. The van der Waals surface area contributed by atoms with Crippen molar-refractivity contribution in [2.24, 2.45) is 0 Å². The summed E-state index contributed by atoms with van der Waals surface area (Å²) in [4.78, 5) is 0. The Balaban J connectivity index is 0.000000980. The molecule has 2 nitrogen and oxygen atoms in total. The van der Waals surface area contributed by atoms with Gasteiger partial charge in [-0.25, -0.2) is 0 Å². The van der Waals surface area contributed by atoms with E-state index >= 15 is 0 Å². The molecule has 1 fully saturated rings. The molecule has 14 heavy (non-hydrogen) atoms. The fourth-order valence-electron chi connectivity index (χ4n) is 1.75. The lowest BCUT2D eigenvalue weighted by molar-refractivity contribution is -0.000221. The van der Waals surface area contributed by atoms with Gasteiger partial charge in [-0.2, -0.15) is 0 Å². The van der Waals surface area contributed by atoms with Crippen LogP contribution < -0.4 is 5.32 Å². The summed E-state index contributed by atoms with van der Waals surface area (Å²) in [5, 5.41) is 3.41. The van der Waals surface area contributed by atoms with Crippen molar-refractivity contribution in [3.05, 3.63) is 35.9 Å². The van der Waals surface area contributed by atoms with Crippen molar-refractivity contribution in [1.82, 2.24) is 5.32 Å². The summed E-state index contributed by atoms with van der Waals surface area (Å²) in [7, 11) is 0. The standard InChI is InChI=1S/C11H15NO.ClH/c1-9-11(13-8-7-12-9)10-5-3-2-4-6-10;/h2-6,9,11-12H,7-8H2,1H3;1H/t9-,11+;/m1./s1. The van der Waals surface area contributed by atoms with E-state index in [0.29, 0.717) is 6.04 Å². The average molecular weight is 214 g/mol. The lowest BCUT2D eigenvalue weighted by Crippen LogP contribution is -2.41. The van der Waals surface area contributed by atoms with Gasteiger partial charge in [0.05, 0.1) is 12.7 Å². The van der Waals surface area contributed by atoms with Crippen LogP contribution in [0.3, 0.4) is 0 Å². The normalized spacial score (nSPS) is 26.6. The van der Waals surface area contributed by atoms with Gasteiger partial charge in [0.15, 0.2) is 0 Å². The van der Waals surface area contributed by atoms with Gasteiger partial charge in [0, 0.05) is 12.6 Å². The highest BCUT2D eigenvalue weighted by molar-refractivity contribution is 5.85. The Morgan fingerprint density at radius 1 is 1.29 bits per heavy atom. The van der Waals surface area contributed by atoms with Crippen LogP contribution in [0.25, 0.3) is 0 Å². The monoisotopic (exact) mass is 213 g/mol. The summed E-state index contributed by atoms with van der Waals surface area (Å²) < 4.78 is 5.71. The SMILES string of the molecule is C[C@H]1NCCO[C@@H]1c1ccccc1.Cl. The zero-order valence-corrected chi connectivity index (χ0v) is 9.09. The Morgan fingerprint density at radius 3 is 2.64 bits per heavy atom. The largest absolute Gasteiger partial charge is 0.371 e. The second-order valence-corrected chi connectivity index (χ2v) is 3.44. The molecule has 1 aromatic carbocycles. The highest BCUT2D eigenvalue weighted by Gasteiger charge is 2.22. The lowest BCUT2D eigenvalue weighted by Gasteiger charge is -2.30. The van der Waals surface area contributed by atoms with Crippen LogP contribution in [-0.2, 0) is 4.74 Å². The van der Waals surface area contributed by atoms with E-state index in [2.05, 4.69) is 36.5 Å². The maximum Gasteiger partial charge on any atom is 0.0975 e. The van der Waals surface area contributed by atoms with E-state index in [-0.39, 0.29) is 18.5 Å². The molecule has 0 unspecified atom stereocenters. The van der Waals surface area contributed by atoms with Crippen molar-refractivity contribution in [1.29, 1.82) is 0 Å². The number of nitrogens with one attached hydrogen (secondary N) is 1. The van der Waals surface area contributed by atoms with Gasteiger partial charge in [0.25, 0.3) is 0 Å². The van der Waals surface area contributed by atoms with Crippen LogP contribution in [0.4, 0.5) is 0 Å². The van der Waals surface area contributed by atoms with E-state index in [0.717, 1.165) is 13.2 Å². The molecule has 0 spiro atoms. The fraction of sp³-hybridized carbons (Fsp3) is 0.455. The molecular weight excluding hydrogens is 198 g/mol. The zero-order chi connectivity index (χ0) is 9.10. The van der Waals surface area contributed by atoms with E-state index in [9.17, 15) is 0 Å². The molecule has 1 aliphatic rings. The van der Waals surface area contributed by atoms with E-state index in [4.69, 9.17) is 4.74 Å². The van der Waals surface area contributed by atoms with E-state index < -0.39 is 0 Å². The summed E-state index contributed by atoms with van der Waals surface area (Å²) in [6.45, 7) is 3.94. The molecule has 2 rings (SSSR count). The van der Waals surface area contributed by atoms with E-state index in [1.807, 2.05) is 6.07 Å². The fourth-order valence-corrected chi connectivity index (χ4v) is 1.75. The zero-order valence-electron chi connectivity index (χ0n) is 8.27. The number of ether oxygens (including phenoxy) is 1. The molecule has 0 amide bonds. The van der Waals surface area contributed by atoms with Gasteiger partial charge in [-0.15, -0.1) is 12.4 Å². The van der Waals surface area contributed by atoms with Crippen LogP contribution in [0.1, 0.15) is 18.6 Å². The van der Waals surface area contributed by atoms with Crippen molar-refractivity contribution in [3.8, 4) is 0 Å². The molecule has 1 aromatic rings. The number of rotatable bonds is 1. The molecule has 3 heteroatoms. The number of hydrogen-bond acceptors (Lipinski definition) is 2. The van der Waals surface area contributed by atoms with Gasteiger partial charge in [-0.1, -0.05) is 30.3 Å². The molecule has 0 aromatic heterocycles. The first-order valence-electron chi connectivity index (χ1n) is 4.78. The quantitative estimate of drug-likeness (QED) is 0.772. The van der Waals surface area contributed by atoms with Crippen molar-refractivity contribution < 1.29 is 4.74 Å². The average Bonchev–Trinajstić information content (AvgIpc) is 2.20. The van der Waals surface area contributed by atoms with E-state index in [1.54, 1.807) is 0 Å².